The number of aliphatic hydroxyl groups excluding tert-OH is 2. The van der Waals surface area contributed by atoms with E-state index in [1.54, 1.807) is 21.1 Å². The maximum Gasteiger partial charge on any atom is 0.130 e. The first-order valence-electron chi connectivity index (χ1n) is 8.09. The highest BCUT2D eigenvalue weighted by atomic mass is 16.5. The fourth-order valence-electron chi connectivity index (χ4n) is 3.20. The summed E-state index contributed by atoms with van der Waals surface area (Å²) in [4.78, 5) is 0. The van der Waals surface area contributed by atoms with Crippen molar-refractivity contribution in [3.63, 3.8) is 0 Å². The summed E-state index contributed by atoms with van der Waals surface area (Å²) in [5, 5.41) is 24.1. The molecule has 3 N–H and O–H groups in total. The Hall–Kier alpha value is -1.72. The van der Waals surface area contributed by atoms with Crippen molar-refractivity contribution >= 4 is 0 Å². The molecule has 5 nitrogen and oxygen atoms in total. The Labute approximate surface area is 137 Å². The molecule has 1 aromatic rings. The smallest absolute Gasteiger partial charge is 0.130 e. The maximum absolute atomic E-state index is 10.7. The Balaban J connectivity index is 2.55. The van der Waals surface area contributed by atoms with Crippen LogP contribution in [0.2, 0.25) is 0 Å². The second kappa shape index (κ2) is 7.70. The van der Waals surface area contributed by atoms with Gasteiger partial charge in [-0.1, -0.05) is 25.8 Å². The van der Waals surface area contributed by atoms with Crippen LogP contribution in [0, 0.1) is 0 Å². The molecular formula is C18H27NO4. The lowest BCUT2D eigenvalue weighted by Crippen LogP contribution is -2.47. The van der Waals surface area contributed by atoms with Gasteiger partial charge in [-0.25, -0.2) is 0 Å². The van der Waals surface area contributed by atoms with Gasteiger partial charge in [-0.2, -0.15) is 0 Å². The quantitative estimate of drug-likeness (QED) is 0.751. The van der Waals surface area contributed by atoms with Gasteiger partial charge in [0.25, 0.3) is 0 Å². The number of rotatable bonds is 6. The van der Waals surface area contributed by atoms with Crippen LogP contribution < -0.4 is 14.8 Å². The molecule has 3 unspecified atom stereocenters. The van der Waals surface area contributed by atoms with Crippen molar-refractivity contribution in [2.45, 2.75) is 51.3 Å². The van der Waals surface area contributed by atoms with Crippen molar-refractivity contribution in [1.29, 1.82) is 0 Å². The molecule has 23 heavy (non-hydrogen) atoms. The zero-order valence-electron chi connectivity index (χ0n) is 14.3. The first-order chi connectivity index (χ1) is 11.0. The van der Waals surface area contributed by atoms with Crippen molar-refractivity contribution in [3.05, 3.63) is 35.1 Å². The topological polar surface area (TPSA) is 71.0 Å². The zero-order chi connectivity index (χ0) is 17.0. The molecule has 0 amide bonds. The third-order valence-corrected chi connectivity index (χ3v) is 4.53. The molecule has 2 rings (SSSR count). The highest BCUT2D eigenvalue weighted by Crippen LogP contribution is 2.43. The minimum Gasteiger partial charge on any atom is -0.512 e. The SMILES string of the molecule is CCCCC1NC(O)C(C)=C(O)C1c1c(OC)cccc1OC. The summed E-state index contributed by atoms with van der Waals surface area (Å²) in [6, 6.07) is 5.50. The lowest BCUT2D eigenvalue weighted by Gasteiger charge is -2.37. The molecule has 1 aliphatic rings. The number of aliphatic hydroxyl groups is 2. The minimum absolute atomic E-state index is 0.0844. The first kappa shape index (κ1) is 17.6. The molecule has 0 bridgehead atoms. The highest BCUT2D eigenvalue weighted by Gasteiger charge is 2.38. The van der Waals surface area contributed by atoms with Crippen LogP contribution in [0.3, 0.4) is 0 Å². The van der Waals surface area contributed by atoms with E-state index in [1.807, 2.05) is 18.2 Å². The third kappa shape index (κ3) is 3.46. The second-order valence-electron chi connectivity index (χ2n) is 5.94. The van der Waals surface area contributed by atoms with Gasteiger partial charge in [-0.3, -0.25) is 5.32 Å². The molecule has 3 atom stereocenters. The van der Waals surface area contributed by atoms with Crippen LogP contribution in [0.5, 0.6) is 11.5 Å². The Morgan fingerprint density at radius 1 is 1.17 bits per heavy atom. The standard InChI is InChI=1S/C18H27NO4/c1-5-6-8-12-15(17(20)11(2)18(21)19-12)16-13(22-3)9-7-10-14(16)23-4/h7,9-10,12,15,18-21H,5-6,8H2,1-4H3. The number of hydrogen-bond acceptors (Lipinski definition) is 5. The molecule has 1 heterocycles. The van der Waals surface area contributed by atoms with Crippen molar-refractivity contribution in [2.75, 3.05) is 14.2 Å². The van der Waals surface area contributed by atoms with Gasteiger partial charge in [-0.05, 0) is 25.5 Å². The van der Waals surface area contributed by atoms with Crippen LogP contribution in [0.4, 0.5) is 0 Å². The van der Waals surface area contributed by atoms with Crippen LogP contribution in [0.15, 0.2) is 29.5 Å². The van der Waals surface area contributed by atoms with E-state index in [9.17, 15) is 10.2 Å². The summed E-state index contributed by atoms with van der Waals surface area (Å²) in [5.74, 6) is 1.23. The Bertz CT molecular complexity index is 548. The molecule has 0 aromatic heterocycles. The van der Waals surface area contributed by atoms with E-state index < -0.39 is 6.23 Å². The summed E-state index contributed by atoms with van der Waals surface area (Å²) >= 11 is 0. The largest absolute Gasteiger partial charge is 0.512 e. The van der Waals surface area contributed by atoms with Crippen LogP contribution >= 0.6 is 0 Å². The van der Waals surface area contributed by atoms with E-state index in [4.69, 9.17) is 9.47 Å². The molecule has 5 heteroatoms. The summed E-state index contributed by atoms with van der Waals surface area (Å²) < 4.78 is 11.0. The lowest BCUT2D eigenvalue weighted by atomic mass is 9.81. The van der Waals surface area contributed by atoms with Gasteiger partial charge < -0.3 is 19.7 Å². The van der Waals surface area contributed by atoms with E-state index in [0.29, 0.717) is 17.1 Å². The predicted octanol–water partition coefficient (Wildman–Crippen LogP) is 3.10. The van der Waals surface area contributed by atoms with Crippen LogP contribution in [-0.4, -0.2) is 36.7 Å². The summed E-state index contributed by atoms with van der Waals surface area (Å²) in [6.45, 7) is 3.86. The van der Waals surface area contributed by atoms with Gasteiger partial charge >= 0.3 is 0 Å². The molecule has 0 spiro atoms. The van der Waals surface area contributed by atoms with Gasteiger partial charge in [0.1, 0.15) is 23.5 Å². The first-order valence-corrected chi connectivity index (χ1v) is 8.09. The number of methoxy groups -OCH3 is 2. The molecular weight excluding hydrogens is 294 g/mol. The number of hydrogen-bond donors (Lipinski definition) is 3. The average molecular weight is 321 g/mol. The number of benzene rings is 1. The summed E-state index contributed by atoms with van der Waals surface area (Å²) in [5.41, 5.74) is 1.35. The van der Waals surface area contributed by atoms with Gasteiger partial charge in [0.15, 0.2) is 0 Å². The second-order valence-corrected chi connectivity index (χ2v) is 5.94. The van der Waals surface area contributed by atoms with Crippen LogP contribution in [0.1, 0.15) is 44.6 Å². The molecule has 1 aromatic carbocycles. The van der Waals surface area contributed by atoms with E-state index in [2.05, 4.69) is 12.2 Å². The number of nitrogens with one attached hydrogen (secondary N) is 1. The molecule has 0 fully saturated rings. The lowest BCUT2D eigenvalue weighted by molar-refractivity contribution is 0.116. The van der Waals surface area contributed by atoms with E-state index in [1.165, 1.54) is 0 Å². The number of unbranched alkanes of at least 4 members (excludes halogenated alkanes) is 1. The molecule has 0 radical (unpaired) electrons. The van der Waals surface area contributed by atoms with Gasteiger partial charge in [0, 0.05) is 17.2 Å². The van der Waals surface area contributed by atoms with E-state index >= 15 is 0 Å². The van der Waals surface area contributed by atoms with Gasteiger partial charge in [0.2, 0.25) is 0 Å². The minimum atomic E-state index is -0.825. The Morgan fingerprint density at radius 2 is 1.78 bits per heavy atom. The molecule has 0 saturated heterocycles. The van der Waals surface area contributed by atoms with Crippen molar-refractivity contribution in [3.8, 4) is 11.5 Å². The number of ether oxygens (including phenoxy) is 2. The van der Waals surface area contributed by atoms with Crippen LogP contribution in [0.25, 0.3) is 0 Å². The van der Waals surface area contributed by atoms with E-state index in [0.717, 1.165) is 24.8 Å². The fraction of sp³-hybridized carbons (Fsp3) is 0.556. The van der Waals surface area contributed by atoms with Gasteiger partial charge in [-0.15, -0.1) is 0 Å². The zero-order valence-corrected chi connectivity index (χ0v) is 14.3. The average Bonchev–Trinajstić information content (AvgIpc) is 2.57. The van der Waals surface area contributed by atoms with Gasteiger partial charge in [0.05, 0.1) is 20.1 Å². The van der Waals surface area contributed by atoms with Crippen LogP contribution in [-0.2, 0) is 0 Å². The Morgan fingerprint density at radius 3 is 2.30 bits per heavy atom. The molecule has 0 saturated carbocycles. The third-order valence-electron chi connectivity index (χ3n) is 4.53. The fourth-order valence-corrected chi connectivity index (χ4v) is 3.20. The van der Waals surface area contributed by atoms with E-state index in [-0.39, 0.29) is 17.7 Å². The monoisotopic (exact) mass is 321 g/mol. The van der Waals surface area contributed by atoms with Crippen molar-refractivity contribution < 1.29 is 19.7 Å². The summed E-state index contributed by atoms with van der Waals surface area (Å²) in [6.07, 6.45) is 2.07. The van der Waals surface area contributed by atoms with Crippen molar-refractivity contribution in [2.24, 2.45) is 0 Å². The Kier molecular flexibility index (Phi) is 5.91. The molecule has 128 valence electrons. The normalized spacial score (nSPS) is 24.7. The van der Waals surface area contributed by atoms with Crippen molar-refractivity contribution in [1.82, 2.24) is 5.32 Å². The maximum atomic E-state index is 10.7. The highest BCUT2D eigenvalue weighted by molar-refractivity contribution is 5.51. The predicted molar refractivity (Wildman–Crippen MR) is 90.1 cm³/mol. The summed E-state index contributed by atoms with van der Waals surface area (Å²) in [7, 11) is 3.22. The molecule has 1 aliphatic heterocycles. The molecule has 0 aliphatic carbocycles.